The molecule has 0 aliphatic carbocycles. The summed E-state index contributed by atoms with van der Waals surface area (Å²) in [6.07, 6.45) is 5.04. The molecule has 0 aliphatic heterocycles. The molecule has 0 saturated heterocycles. The second kappa shape index (κ2) is 7.69. The van der Waals surface area contributed by atoms with Gasteiger partial charge in [-0.25, -0.2) is 4.79 Å². The van der Waals surface area contributed by atoms with E-state index < -0.39 is 25.2 Å². The smallest absolute Gasteiger partial charge is 0.387 e. The Morgan fingerprint density at radius 1 is 1.43 bits per heavy atom. The SMILES string of the molecule is C#CCN(CC(=O)O)C(=O)Nc1ccccc1OC(F)F. The van der Waals surface area contributed by atoms with Crippen LogP contribution in [0, 0.1) is 12.3 Å². The Labute approximate surface area is 119 Å². The number of nitrogens with one attached hydrogen (secondary N) is 1. The number of amides is 2. The Kier molecular flexibility index (Phi) is 5.95. The van der Waals surface area contributed by atoms with E-state index in [-0.39, 0.29) is 18.0 Å². The Hall–Kier alpha value is -2.82. The van der Waals surface area contributed by atoms with Crippen LogP contribution in [0.25, 0.3) is 0 Å². The van der Waals surface area contributed by atoms with Gasteiger partial charge >= 0.3 is 18.6 Å². The van der Waals surface area contributed by atoms with Gasteiger partial charge in [-0.1, -0.05) is 18.1 Å². The first-order chi connectivity index (χ1) is 9.93. The zero-order valence-electron chi connectivity index (χ0n) is 10.8. The van der Waals surface area contributed by atoms with Gasteiger partial charge in [-0.05, 0) is 12.1 Å². The van der Waals surface area contributed by atoms with Crippen molar-refractivity contribution in [3.8, 4) is 18.1 Å². The number of carbonyl (C=O) groups excluding carboxylic acids is 1. The van der Waals surface area contributed by atoms with Gasteiger partial charge in [0.05, 0.1) is 12.2 Å². The summed E-state index contributed by atoms with van der Waals surface area (Å²) in [5, 5.41) is 11.0. The highest BCUT2D eigenvalue weighted by Gasteiger charge is 2.18. The van der Waals surface area contributed by atoms with Crippen LogP contribution in [-0.2, 0) is 4.79 Å². The number of halogens is 2. The zero-order valence-corrected chi connectivity index (χ0v) is 10.8. The number of benzene rings is 1. The standard InChI is InChI=1S/C13H12F2N2O4/c1-2-7-17(8-11(18)19)13(20)16-9-5-3-4-6-10(9)21-12(14)15/h1,3-6,12H,7-8H2,(H,16,20)(H,18,19). The molecule has 0 bridgehead atoms. The van der Waals surface area contributed by atoms with Crippen LogP contribution in [-0.4, -0.2) is 41.7 Å². The minimum Gasteiger partial charge on any atom is -0.480 e. The van der Waals surface area contributed by atoms with Crippen LogP contribution in [0.1, 0.15) is 0 Å². The van der Waals surface area contributed by atoms with Crippen LogP contribution in [0.5, 0.6) is 5.75 Å². The molecule has 0 aromatic heterocycles. The minimum atomic E-state index is -3.05. The van der Waals surface area contributed by atoms with E-state index in [2.05, 4.69) is 16.0 Å². The lowest BCUT2D eigenvalue weighted by Gasteiger charge is -2.19. The second-order valence-corrected chi connectivity index (χ2v) is 3.76. The van der Waals surface area contributed by atoms with E-state index in [1.807, 2.05) is 0 Å². The summed E-state index contributed by atoms with van der Waals surface area (Å²) in [5.41, 5.74) is -0.0183. The number of carbonyl (C=O) groups is 2. The lowest BCUT2D eigenvalue weighted by molar-refractivity contribution is -0.137. The average molecular weight is 298 g/mol. The minimum absolute atomic E-state index is 0.0183. The molecule has 1 aromatic carbocycles. The lowest BCUT2D eigenvalue weighted by atomic mass is 10.3. The van der Waals surface area contributed by atoms with E-state index in [0.29, 0.717) is 0 Å². The summed E-state index contributed by atoms with van der Waals surface area (Å²) in [5.74, 6) is 0.646. The molecule has 1 rings (SSSR count). The molecule has 1 aromatic rings. The van der Waals surface area contributed by atoms with Crippen LogP contribution in [0.15, 0.2) is 24.3 Å². The van der Waals surface area contributed by atoms with Gasteiger partial charge in [-0.3, -0.25) is 4.79 Å². The number of carboxylic acid groups (broad SMARTS) is 1. The number of ether oxygens (including phenoxy) is 1. The van der Waals surface area contributed by atoms with E-state index in [1.165, 1.54) is 24.3 Å². The predicted octanol–water partition coefficient (Wildman–Crippen LogP) is 1.84. The molecule has 0 fully saturated rings. The highest BCUT2D eigenvalue weighted by atomic mass is 19.3. The van der Waals surface area contributed by atoms with E-state index in [9.17, 15) is 18.4 Å². The summed E-state index contributed by atoms with van der Waals surface area (Å²) in [6.45, 7) is -3.91. The molecule has 2 amide bonds. The van der Waals surface area contributed by atoms with Gasteiger partial charge in [0.15, 0.2) is 0 Å². The number of terminal acetylenes is 1. The number of nitrogens with zero attached hydrogens (tertiary/aromatic N) is 1. The van der Waals surface area contributed by atoms with E-state index >= 15 is 0 Å². The first-order valence-electron chi connectivity index (χ1n) is 5.69. The molecule has 0 aliphatic rings. The number of hydrogen-bond acceptors (Lipinski definition) is 3. The van der Waals surface area contributed by atoms with Crippen molar-refractivity contribution in [3.63, 3.8) is 0 Å². The Morgan fingerprint density at radius 3 is 2.67 bits per heavy atom. The van der Waals surface area contributed by atoms with Gasteiger partial charge in [0.1, 0.15) is 12.3 Å². The van der Waals surface area contributed by atoms with Gasteiger partial charge in [0.2, 0.25) is 0 Å². The first kappa shape index (κ1) is 16.2. The van der Waals surface area contributed by atoms with Crippen molar-refractivity contribution >= 4 is 17.7 Å². The summed E-state index contributed by atoms with van der Waals surface area (Å²) in [4.78, 5) is 23.4. The first-order valence-corrected chi connectivity index (χ1v) is 5.69. The maximum atomic E-state index is 12.2. The number of rotatable bonds is 6. The summed E-state index contributed by atoms with van der Waals surface area (Å²) in [7, 11) is 0. The quantitative estimate of drug-likeness (QED) is 0.785. The molecular formula is C13H12F2N2O4. The third-order valence-corrected chi connectivity index (χ3v) is 2.24. The third-order valence-electron chi connectivity index (χ3n) is 2.24. The van der Waals surface area contributed by atoms with Crippen molar-refractivity contribution in [2.45, 2.75) is 6.61 Å². The lowest BCUT2D eigenvalue weighted by Crippen LogP contribution is -2.39. The number of alkyl halides is 2. The predicted molar refractivity (Wildman–Crippen MR) is 70.1 cm³/mol. The largest absolute Gasteiger partial charge is 0.480 e. The highest BCUT2D eigenvalue weighted by molar-refractivity contribution is 5.92. The van der Waals surface area contributed by atoms with Gasteiger partial charge in [-0.15, -0.1) is 6.42 Å². The van der Waals surface area contributed by atoms with Crippen molar-refractivity contribution in [2.24, 2.45) is 0 Å². The van der Waals surface area contributed by atoms with Crippen molar-refractivity contribution in [3.05, 3.63) is 24.3 Å². The molecule has 0 spiro atoms. The third kappa shape index (κ3) is 5.36. The zero-order chi connectivity index (χ0) is 15.8. The van der Waals surface area contributed by atoms with E-state index in [4.69, 9.17) is 11.5 Å². The summed E-state index contributed by atoms with van der Waals surface area (Å²) < 4.78 is 28.7. The van der Waals surface area contributed by atoms with E-state index in [0.717, 1.165) is 4.90 Å². The maximum Gasteiger partial charge on any atom is 0.387 e. The van der Waals surface area contributed by atoms with Crippen molar-refractivity contribution in [2.75, 3.05) is 18.4 Å². The van der Waals surface area contributed by atoms with E-state index in [1.54, 1.807) is 0 Å². The van der Waals surface area contributed by atoms with Crippen molar-refractivity contribution in [1.29, 1.82) is 0 Å². The topological polar surface area (TPSA) is 78.9 Å². The molecule has 0 radical (unpaired) electrons. The van der Waals surface area contributed by atoms with Gasteiger partial charge in [-0.2, -0.15) is 8.78 Å². The van der Waals surface area contributed by atoms with Crippen molar-refractivity contribution in [1.82, 2.24) is 4.90 Å². The fourth-order valence-corrected chi connectivity index (χ4v) is 1.44. The molecule has 6 nitrogen and oxygen atoms in total. The maximum absolute atomic E-state index is 12.2. The van der Waals surface area contributed by atoms with Crippen LogP contribution >= 0.6 is 0 Å². The van der Waals surface area contributed by atoms with Gasteiger partial charge in [0.25, 0.3) is 0 Å². The number of para-hydroxylation sites is 2. The number of aliphatic carboxylic acids is 1. The molecule has 2 N–H and O–H groups in total. The molecule has 0 unspecified atom stereocenters. The summed E-state index contributed by atoms with van der Waals surface area (Å²) >= 11 is 0. The Balaban J connectivity index is 2.86. The average Bonchev–Trinajstić information content (AvgIpc) is 2.39. The van der Waals surface area contributed by atoms with Crippen LogP contribution in [0.3, 0.4) is 0 Å². The molecule has 0 saturated carbocycles. The Bertz CT molecular complexity index is 557. The van der Waals surface area contributed by atoms with Gasteiger partial charge < -0.3 is 20.1 Å². The molecule has 0 atom stereocenters. The normalized spacial score (nSPS) is 9.81. The van der Waals surface area contributed by atoms with Crippen molar-refractivity contribution < 1.29 is 28.2 Å². The van der Waals surface area contributed by atoms with Gasteiger partial charge in [0, 0.05) is 0 Å². The fourth-order valence-electron chi connectivity index (χ4n) is 1.44. The number of anilines is 1. The monoisotopic (exact) mass is 298 g/mol. The fraction of sp³-hybridized carbons (Fsp3) is 0.231. The highest BCUT2D eigenvalue weighted by Crippen LogP contribution is 2.25. The van der Waals surface area contributed by atoms with Crippen LogP contribution < -0.4 is 10.1 Å². The number of hydrogen-bond donors (Lipinski definition) is 2. The molecule has 21 heavy (non-hydrogen) atoms. The number of urea groups is 1. The number of carboxylic acids is 1. The van der Waals surface area contributed by atoms with Crippen LogP contribution in [0.4, 0.5) is 19.3 Å². The van der Waals surface area contributed by atoms with Crippen LogP contribution in [0.2, 0.25) is 0 Å². The molecule has 0 heterocycles. The Morgan fingerprint density at radius 2 is 2.10 bits per heavy atom. The molecule has 112 valence electrons. The molecule has 8 heteroatoms. The molecular weight excluding hydrogens is 286 g/mol. The second-order valence-electron chi connectivity index (χ2n) is 3.76. The summed E-state index contributed by atoms with van der Waals surface area (Å²) in [6, 6.07) is 4.69.